The van der Waals surface area contributed by atoms with Gasteiger partial charge in [0.2, 0.25) is 5.91 Å². The van der Waals surface area contributed by atoms with Gasteiger partial charge in [0.25, 0.3) is 0 Å². The summed E-state index contributed by atoms with van der Waals surface area (Å²) in [5.74, 6) is -0.752. The number of amides is 1. The molecule has 92 valence electrons. The van der Waals surface area contributed by atoms with E-state index in [0.29, 0.717) is 5.92 Å². The Balaban J connectivity index is 2.60. The van der Waals surface area contributed by atoms with Gasteiger partial charge in [-0.2, -0.15) is 0 Å². The van der Waals surface area contributed by atoms with Crippen molar-refractivity contribution in [3.05, 3.63) is 0 Å². The van der Waals surface area contributed by atoms with E-state index in [1.54, 1.807) is 0 Å². The van der Waals surface area contributed by atoms with E-state index in [2.05, 4.69) is 5.32 Å². The number of carbonyl (C=O) groups is 2. The van der Waals surface area contributed by atoms with Crippen LogP contribution in [0.15, 0.2) is 0 Å². The standard InChI is InChI=1S/C12H21NO3/c1-8(10(14)15)13-11(16)12(2,3)9-6-4-5-7-9/h8-9H,4-7H2,1-3H3,(H,13,16)(H,14,15)/t8-/m0/s1. The van der Waals surface area contributed by atoms with E-state index in [1.165, 1.54) is 19.8 Å². The molecule has 1 fully saturated rings. The first-order valence-electron chi connectivity index (χ1n) is 5.89. The van der Waals surface area contributed by atoms with Crippen molar-refractivity contribution in [1.82, 2.24) is 5.32 Å². The first-order valence-corrected chi connectivity index (χ1v) is 5.89. The minimum absolute atomic E-state index is 0.144. The zero-order valence-electron chi connectivity index (χ0n) is 10.2. The summed E-state index contributed by atoms with van der Waals surface area (Å²) in [6.07, 6.45) is 4.50. The minimum atomic E-state index is -0.990. The van der Waals surface area contributed by atoms with Gasteiger partial charge in [0.15, 0.2) is 0 Å². The van der Waals surface area contributed by atoms with Crippen molar-refractivity contribution >= 4 is 11.9 Å². The topological polar surface area (TPSA) is 66.4 Å². The van der Waals surface area contributed by atoms with Crippen molar-refractivity contribution in [1.29, 1.82) is 0 Å². The van der Waals surface area contributed by atoms with Crippen LogP contribution in [0.4, 0.5) is 0 Å². The predicted octanol–water partition coefficient (Wildman–Crippen LogP) is 1.79. The molecule has 0 heterocycles. The second-order valence-corrected chi connectivity index (χ2v) is 5.24. The van der Waals surface area contributed by atoms with Crippen LogP contribution >= 0.6 is 0 Å². The molecule has 0 aromatic carbocycles. The zero-order valence-corrected chi connectivity index (χ0v) is 10.2. The number of aliphatic carboxylic acids is 1. The monoisotopic (exact) mass is 227 g/mol. The predicted molar refractivity (Wildman–Crippen MR) is 61.0 cm³/mol. The van der Waals surface area contributed by atoms with Crippen molar-refractivity contribution < 1.29 is 14.7 Å². The number of hydrogen-bond acceptors (Lipinski definition) is 2. The highest BCUT2D eigenvalue weighted by Crippen LogP contribution is 2.39. The Morgan fingerprint density at radius 3 is 2.25 bits per heavy atom. The summed E-state index contributed by atoms with van der Waals surface area (Å²) in [7, 11) is 0. The van der Waals surface area contributed by atoms with Crippen LogP contribution in [0.5, 0.6) is 0 Å². The molecule has 0 saturated heterocycles. The highest BCUT2D eigenvalue weighted by molar-refractivity contribution is 5.86. The van der Waals surface area contributed by atoms with Crippen molar-refractivity contribution in [2.45, 2.75) is 52.5 Å². The summed E-state index contributed by atoms with van der Waals surface area (Å²) in [6.45, 7) is 5.31. The van der Waals surface area contributed by atoms with Gasteiger partial charge in [-0.05, 0) is 25.7 Å². The lowest BCUT2D eigenvalue weighted by molar-refractivity contribution is -0.143. The molecule has 1 rings (SSSR count). The Morgan fingerprint density at radius 2 is 1.81 bits per heavy atom. The molecule has 2 N–H and O–H groups in total. The number of carboxylic acid groups (broad SMARTS) is 1. The van der Waals surface area contributed by atoms with Crippen LogP contribution in [0.1, 0.15) is 46.5 Å². The molecular formula is C12H21NO3. The number of carbonyl (C=O) groups excluding carboxylic acids is 1. The lowest BCUT2D eigenvalue weighted by atomic mass is 9.77. The van der Waals surface area contributed by atoms with Crippen LogP contribution in [-0.4, -0.2) is 23.0 Å². The SMILES string of the molecule is C[C@H](NC(=O)C(C)(C)C1CCCC1)C(=O)O. The van der Waals surface area contributed by atoms with Crippen molar-refractivity contribution in [3.63, 3.8) is 0 Å². The van der Waals surface area contributed by atoms with Gasteiger partial charge >= 0.3 is 5.97 Å². The average molecular weight is 227 g/mol. The lowest BCUT2D eigenvalue weighted by Gasteiger charge is -2.30. The second-order valence-electron chi connectivity index (χ2n) is 5.24. The number of carboxylic acids is 1. The van der Waals surface area contributed by atoms with E-state index in [9.17, 15) is 9.59 Å². The average Bonchev–Trinajstić information content (AvgIpc) is 2.70. The van der Waals surface area contributed by atoms with E-state index >= 15 is 0 Å². The molecule has 1 aliphatic carbocycles. The second kappa shape index (κ2) is 4.85. The summed E-state index contributed by atoms with van der Waals surface area (Å²) in [4.78, 5) is 22.7. The van der Waals surface area contributed by atoms with Crippen molar-refractivity contribution in [3.8, 4) is 0 Å². The molecule has 0 aromatic heterocycles. The van der Waals surface area contributed by atoms with Crippen molar-refractivity contribution in [2.75, 3.05) is 0 Å². The first-order chi connectivity index (χ1) is 7.35. The Labute approximate surface area is 96.4 Å². The minimum Gasteiger partial charge on any atom is -0.480 e. The summed E-state index contributed by atoms with van der Waals surface area (Å²) in [5.41, 5.74) is -0.458. The third-order valence-electron chi connectivity index (χ3n) is 3.68. The first kappa shape index (κ1) is 13.0. The van der Waals surface area contributed by atoms with E-state index in [1.807, 2.05) is 13.8 Å². The quantitative estimate of drug-likeness (QED) is 0.769. The van der Waals surface area contributed by atoms with Gasteiger partial charge in [0.05, 0.1) is 0 Å². The van der Waals surface area contributed by atoms with Gasteiger partial charge in [-0.15, -0.1) is 0 Å². The van der Waals surface area contributed by atoms with Crippen LogP contribution in [0, 0.1) is 11.3 Å². The van der Waals surface area contributed by atoms with Crippen LogP contribution in [-0.2, 0) is 9.59 Å². The molecule has 0 spiro atoms. The van der Waals surface area contributed by atoms with Crippen LogP contribution in [0.2, 0.25) is 0 Å². The fourth-order valence-corrected chi connectivity index (χ4v) is 2.28. The Morgan fingerprint density at radius 1 is 1.31 bits per heavy atom. The fraction of sp³-hybridized carbons (Fsp3) is 0.833. The van der Waals surface area contributed by atoms with Crippen LogP contribution < -0.4 is 5.32 Å². The molecule has 1 aliphatic rings. The third-order valence-corrected chi connectivity index (χ3v) is 3.68. The number of hydrogen-bond donors (Lipinski definition) is 2. The molecule has 1 atom stereocenters. The molecule has 0 unspecified atom stereocenters. The van der Waals surface area contributed by atoms with Gasteiger partial charge in [-0.25, -0.2) is 0 Å². The van der Waals surface area contributed by atoms with Gasteiger partial charge in [0.1, 0.15) is 6.04 Å². The summed E-state index contributed by atoms with van der Waals surface area (Å²) in [6, 6.07) is -0.812. The normalized spacial score (nSPS) is 19.4. The number of nitrogens with one attached hydrogen (secondary N) is 1. The molecule has 0 radical (unpaired) electrons. The highest BCUT2D eigenvalue weighted by Gasteiger charge is 2.38. The maximum Gasteiger partial charge on any atom is 0.325 e. The Hall–Kier alpha value is -1.06. The fourth-order valence-electron chi connectivity index (χ4n) is 2.28. The zero-order chi connectivity index (χ0) is 12.3. The maximum atomic E-state index is 12.0. The molecule has 16 heavy (non-hydrogen) atoms. The van der Waals surface area contributed by atoms with Gasteiger partial charge in [-0.3, -0.25) is 9.59 Å². The maximum absolute atomic E-state index is 12.0. The van der Waals surface area contributed by atoms with Gasteiger partial charge in [-0.1, -0.05) is 26.7 Å². The highest BCUT2D eigenvalue weighted by atomic mass is 16.4. The third kappa shape index (κ3) is 2.74. The van der Waals surface area contributed by atoms with Crippen molar-refractivity contribution in [2.24, 2.45) is 11.3 Å². The summed E-state index contributed by atoms with van der Waals surface area (Å²) < 4.78 is 0. The molecule has 4 heteroatoms. The van der Waals surface area contributed by atoms with E-state index in [4.69, 9.17) is 5.11 Å². The summed E-state index contributed by atoms with van der Waals surface area (Å²) in [5, 5.41) is 11.3. The number of rotatable bonds is 4. The van der Waals surface area contributed by atoms with Gasteiger partial charge < -0.3 is 10.4 Å². The molecule has 1 saturated carbocycles. The Kier molecular flexibility index (Phi) is 3.94. The molecule has 0 aromatic rings. The van der Waals surface area contributed by atoms with Crippen LogP contribution in [0.3, 0.4) is 0 Å². The Bertz CT molecular complexity index is 280. The van der Waals surface area contributed by atoms with E-state index < -0.39 is 17.4 Å². The molecule has 4 nitrogen and oxygen atoms in total. The van der Waals surface area contributed by atoms with E-state index in [-0.39, 0.29) is 5.91 Å². The largest absolute Gasteiger partial charge is 0.480 e. The molecule has 1 amide bonds. The molecule has 0 aliphatic heterocycles. The summed E-state index contributed by atoms with van der Waals surface area (Å²) >= 11 is 0. The van der Waals surface area contributed by atoms with E-state index in [0.717, 1.165) is 12.8 Å². The van der Waals surface area contributed by atoms with Gasteiger partial charge in [0, 0.05) is 5.41 Å². The van der Waals surface area contributed by atoms with Crippen LogP contribution in [0.25, 0.3) is 0 Å². The molecular weight excluding hydrogens is 206 g/mol. The molecule has 0 bridgehead atoms. The smallest absolute Gasteiger partial charge is 0.325 e. The lowest BCUT2D eigenvalue weighted by Crippen LogP contribution is -2.47.